The number of benzene rings is 2. The summed E-state index contributed by atoms with van der Waals surface area (Å²) in [5.41, 5.74) is 6.01. The fourth-order valence-corrected chi connectivity index (χ4v) is 5.46. The van der Waals surface area contributed by atoms with Crippen LogP contribution in [0.15, 0.2) is 36.4 Å². The molecule has 34 heavy (non-hydrogen) atoms. The van der Waals surface area contributed by atoms with Gasteiger partial charge in [0.1, 0.15) is 5.54 Å². The molecule has 2 N–H and O–H groups in total. The topological polar surface area (TPSA) is 64.7 Å². The van der Waals surface area contributed by atoms with Crippen LogP contribution in [0.5, 0.6) is 0 Å². The van der Waals surface area contributed by atoms with Gasteiger partial charge in [0.2, 0.25) is 0 Å². The molecule has 2 aromatic carbocycles. The van der Waals surface area contributed by atoms with Gasteiger partial charge in [0.05, 0.1) is 16.6 Å². The highest BCUT2D eigenvalue weighted by Crippen LogP contribution is 2.37. The quantitative estimate of drug-likeness (QED) is 0.643. The molecule has 2 fully saturated rings. The maximum absolute atomic E-state index is 13.6. The lowest BCUT2D eigenvalue weighted by atomic mass is 9.82. The first-order valence-electron chi connectivity index (χ1n) is 11.8. The first kappa shape index (κ1) is 25.1. The largest absolute Gasteiger partial charge is 0.335 e. The van der Waals surface area contributed by atoms with Crippen molar-refractivity contribution in [3.63, 3.8) is 0 Å². The zero-order valence-corrected chi connectivity index (χ0v) is 21.5. The number of amides is 1. The van der Waals surface area contributed by atoms with Gasteiger partial charge in [-0.15, -0.1) is 0 Å². The Morgan fingerprint density at radius 1 is 1.00 bits per heavy atom. The van der Waals surface area contributed by atoms with Gasteiger partial charge in [0, 0.05) is 24.7 Å². The highest BCUT2D eigenvalue weighted by atomic mass is 35.5. The molecule has 2 heterocycles. The van der Waals surface area contributed by atoms with E-state index in [1.165, 1.54) is 0 Å². The van der Waals surface area contributed by atoms with E-state index in [4.69, 9.17) is 23.2 Å². The summed E-state index contributed by atoms with van der Waals surface area (Å²) in [6.07, 6.45) is 1.94. The summed E-state index contributed by atoms with van der Waals surface area (Å²) in [4.78, 5) is 28.8. The molecule has 1 unspecified atom stereocenters. The summed E-state index contributed by atoms with van der Waals surface area (Å²) in [6.45, 7) is 8.68. The Kier molecular flexibility index (Phi) is 7.65. The molecule has 2 aliphatic heterocycles. The van der Waals surface area contributed by atoms with Gasteiger partial charge >= 0.3 is 0 Å². The standard InChI is InChI=1S/C26H32Cl2N4O2/c1-17-12-18(2)14-20(13-17)25(34)31-10-11-32(30-22-6-8-29-9-7-22)26(16-31,19(3)33)21-4-5-23(27)24(28)15-21/h4-5,12-15,22,29-30H,6-11,16H2,1-3H3. The van der Waals surface area contributed by atoms with Crippen LogP contribution in [0.4, 0.5) is 0 Å². The van der Waals surface area contributed by atoms with E-state index < -0.39 is 5.54 Å². The number of aryl methyl sites for hydroxylation is 2. The molecule has 2 aromatic rings. The van der Waals surface area contributed by atoms with E-state index in [1.807, 2.05) is 43.1 Å². The van der Waals surface area contributed by atoms with Crippen LogP contribution in [-0.4, -0.2) is 60.4 Å². The van der Waals surface area contributed by atoms with Crippen molar-refractivity contribution in [3.8, 4) is 0 Å². The number of halogens is 2. The summed E-state index contributed by atoms with van der Waals surface area (Å²) in [6, 6.07) is 11.4. The molecule has 8 heteroatoms. The molecule has 0 aliphatic carbocycles. The highest BCUT2D eigenvalue weighted by molar-refractivity contribution is 6.42. The summed E-state index contributed by atoms with van der Waals surface area (Å²) >= 11 is 12.6. The van der Waals surface area contributed by atoms with Crippen molar-refractivity contribution >= 4 is 34.9 Å². The van der Waals surface area contributed by atoms with Crippen LogP contribution in [0.1, 0.15) is 46.8 Å². The zero-order chi connectivity index (χ0) is 24.5. The Balaban J connectivity index is 1.73. The van der Waals surface area contributed by atoms with E-state index in [9.17, 15) is 9.59 Å². The van der Waals surface area contributed by atoms with Gasteiger partial charge in [0.25, 0.3) is 5.91 Å². The average molecular weight is 503 g/mol. The molecule has 0 spiro atoms. The lowest BCUT2D eigenvalue weighted by Gasteiger charge is -2.51. The lowest BCUT2D eigenvalue weighted by molar-refractivity contribution is -0.139. The fourth-order valence-electron chi connectivity index (χ4n) is 5.16. The Hall–Kier alpha value is -1.96. The van der Waals surface area contributed by atoms with Gasteiger partial charge in [0.15, 0.2) is 5.78 Å². The van der Waals surface area contributed by atoms with Gasteiger partial charge in [-0.3, -0.25) is 15.0 Å². The third-order valence-corrected chi connectivity index (χ3v) is 7.63. The van der Waals surface area contributed by atoms with Gasteiger partial charge in [-0.2, -0.15) is 0 Å². The molecule has 4 rings (SSSR count). The number of rotatable bonds is 5. The summed E-state index contributed by atoms with van der Waals surface area (Å²) in [7, 11) is 0. The molecule has 1 amide bonds. The molecule has 2 aliphatic rings. The van der Waals surface area contributed by atoms with E-state index in [-0.39, 0.29) is 24.3 Å². The van der Waals surface area contributed by atoms with Crippen LogP contribution in [0.3, 0.4) is 0 Å². The van der Waals surface area contributed by atoms with Gasteiger partial charge in [-0.25, -0.2) is 5.01 Å². The highest BCUT2D eigenvalue weighted by Gasteiger charge is 2.49. The van der Waals surface area contributed by atoms with Crippen molar-refractivity contribution < 1.29 is 9.59 Å². The molecular formula is C26H32Cl2N4O2. The molecular weight excluding hydrogens is 471 g/mol. The third kappa shape index (κ3) is 5.02. The van der Waals surface area contributed by atoms with Crippen LogP contribution in [0, 0.1) is 13.8 Å². The monoisotopic (exact) mass is 502 g/mol. The number of ketones is 1. The normalized spacial score (nSPS) is 22.1. The summed E-state index contributed by atoms with van der Waals surface area (Å²) in [5.74, 6) is -0.121. The zero-order valence-electron chi connectivity index (χ0n) is 20.0. The van der Waals surface area contributed by atoms with Crippen LogP contribution >= 0.6 is 23.2 Å². The minimum Gasteiger partial charge on any atom is -0.335 e. The average Bonchev–Trinajstić information content (AvgIpc) is 2.80. The number of hydrogen-bond acceptors (Lipinski definition) is 5. The van der Waals surface area contributed by atoms with E-state index in [1.54, 1.807) is 24.0 Å². The van der Waals surface area contributed by atoms with Crippen LogP contribution in [0.25, 0.3) is 0 Å². The van der Waals surface area contributed by atoms with Gasteiger partial charge in [-0.1, -0.05) is 46.5 Å². The Bertz CT molecular complexity index is 1070. The van der Waals surface area contributed by atoms with Crippen molar-refractivity contribution in [1.29, 1.82) is 0 Å². The molecule has 6 nitrogen and oxygen atoms in total. The molecule has 0 bridgehead atoms. The second kappa shape index (κ2) is 10.3. The molecule has 182 valence electrons. The van der Waals surface area contributed by atoms with E-state index in [0.717, 1.165) is 42.6 Å². The summed E-state index contributed by atoms with van der Waals surface area (Å²) in [5, 5.41) is 6.24. The number of hydrogen-bond donors (Lipinski definition) is 2. The number of carbonyl (C=O) groups excluding carboxylic acids is 2. The predicted octanol–water partition coefficient (Wildman–Crippen LogP) is 4.11. The van der Waals surface area contributed by atoms with Crippen molar-refractivity contribution in [3.05, 3.63) is 68.7 Å². The van der Waals surface area contributed by atoms with Crippen LogP contribution < -0.4 is 10.7 Å². The SMILES string of the molecule is CC(=O)C1(c2ccc(Cl)c(Cl)c2)CN(C(=O)c2cc(C)cc(C)c2)CCN1NC1CCNCC1. The van der Waals surface area contributed by atoms with E-state index >= 15 is 0 Å². The molecule has 0 radical (unpaired) electrons. The third-order valence-electron chi connectivity index (χ3n) is 6.89. The van der Waals surface area contributed by atoms with Gasteiger partial charge < -0.3 is 10.2 Å². The minimum absolute atomic E-state index is 0.0507. The fraction of sp³-hybridized carbons (Fsp3) is 0.462. The van der Waals surface area contributed by atoms with E-state index in [0.29, 0.717) is 28.7 Å². The first-order valence-corrected chi connectivity index (χ1v) is 12.5. The number of nitrogens with one attached hydrogen (secondary N) is 2. The maximum Gasteiger partial charge on any atom is 0.254 e. The van der Waals surface area contributed by atoms with E-state index in [2.05, 4.69) is 10.7 Å². The molecule has 0 aromatic heterocycles. The minimum atomic E-state index is -1.08. The number of hydrazine groups is 1. The van der Waals surface area contributed by atoms with Crippen molar-refractivity contribution in [2.75, 3.05) is 32.7 Å². The second-order valence-corrected chi connectivity index (χ2v) is 10.3. The molecule has 1 atom stereocenters. The Morgan fingerprint density at radius 3 is 2.29 bits per heavy atom. The number of nitrogens with zero attached hydrogens (tertiary/aromatic N) is 2. The smallest absolute Gasteiger partial charge is 0.254 e. The Labute approximate surface area is 211 Å². The van der Waals surface area contributed by atoms with Gasteiger partial charge in [-0.05, 0) is 76.5 Å². The Morgan fingerprint density at radius 2 is 1.68 bits per heavy atom. The maximum atomic E-state index is 13.6. The first-order chi connectivity index (χ1) is 16.2. The number of Topliss-reactive ketones (excluding diaryl/α,β-unsaturated/α-hetero) is 1. The van der Waals surface area contributed by atoms with Crippen LogP contribution in [-0.2, 0) is 10.3 Å². The lowest BCUT2D eigenvalue weighted by Crippen LogP contribution is -2.69. The number of piperazine rings is 1. The molecule has 0 saturated carbocycles. The second-order valence-electron chi connectivity index (χ2n) is 9.45. The summed E-state index contributed by atoms with van der Waals surface area (Å²) < 4.78 is 0. The van der Waals surface area contributed by atoms with Crippen molar-refractivity contribution in [2.45, 2.75) is 45.2 Å². The molecule has 2 saturated heterocycles. The number of carbonyl (C=O) groups is 2. The van der Waals surface area contributed by atoms with Crippen molar-refractivity contribution in [1.82, 2.24) is 20.7 Å². The van der Waals surface area contributed by atoms with Crippen LogP contribution in [0.2, 0.25) is 10.0 Å². The number of piperidine rings is 1. The van der Waals surface area contributed by atoms with Crippen molar-refractivity contribution in [2.24, 2.45) is 0 Å². The predicted molar refractivity (Wildman–Crippen MR) is 136 cm³/mol.